The highest BCUT2D eigenvalue weighted by Gasteiger charge is 2.29. The van der Waals surface area contributed by atoms with E-state index in [2.05, 4.69) is 10.3 Å². The minimum atomic E-state index is -3.39. The Bertz CT molecular complexity index is 1320. The summed E-state index contributed by atoms with van der Waals surface area (Å²) in [7, 11) is -3.39. The molecule has 0 atom stereocenters. The maximum atomic E-state index is 12.7. The van der Waals surface area contributed by atoms with Crippen molar-refractivity contribution in [2.75, 3.05) is 21.9 Å². The van der Waals surface area contributed by atoms with Crippen LogP contribution in [-0.4, -0.2) is 41.3 Å². The van der Waals surface area contributed by atoms with E-state index >= 15 is 0 Å². The van der Waals surface area contributed by atoms with Crippen LogP contribution < -0.4 is 15.2 Å². The number of nitrogens with zero attached hydrogens (tertiary/aromatic N) is 3. The zero-order valence-electron chi connectivity index (χ0n) is 16.2. The van der Waals surface area contributed by atoms with Gasteiger partial charge in [-0.15, -0.1) is 0 Å². The van der Waals surface area contributed by atoms with E-state index in [0.717, 1.165) is 0 Å². The van der Waals surface area contributed by atoms with Gasteiger partial charge in [0.2, 0.25) is 15.9 Å². The van der Waals surface area contributed by atoms with Gasteiger partial charge in [-0.2, -0.15) is 0 Å². The lowest BCUT2D eigenvalue weighted by atomic mass is 10.2. The van der Waals surface area contributed by atoms with Crippen molar-refractivity contribution < 1.29 is 18.3 Å². The molecule has 2 aromatic carbocycles. The van der Waals surface area contributed by atoms with Crippen molar-refractivity contribution in [3.8, 4) is 5.75 Å². The van der Waals surface area contributed by atoms with Crippen molar-refractivity contribution in [3.63, 3.8) is 0 Å². The zero-order chi connectivity index (χ0) is 21.5. The van der Waals surface area contributed by atoms with Gasteiger partial charge in [-0.25, -0.2) is 13.4 Å². The SMILES string of the molecule is Cc1nc2ccccc2c(=O)n1CC(=O)Nc1cc(N2CCCS2(=O)=O)ccc1O. The molecule has 2 N–H and O–H groups in total. The number of phenols is 1. The monoisotopic (exact) mass is 428 g/mol. The molecule has 2 heterocycles. The molecule has 0 bridgehead atoms. The molecule has 0 unspecified atom stereocenters. The smallest absolute Gasteiger partial charge is 0.261 e. The van der Waals surface area contributed by atoms with E-state index in [9.17, 15) is 23.1 Å². The van der Waals surface area contributed by atoms with Gasteiger partial charge >= 0.3 is 0 Å². The van der Waals surface area contributed by atoms with E-state index in [0.29, 0.717) is 35.4 Å². The van der Waals surface area contributed by atoms with Crippen LogP contribution in [0.4, 0.5) is 11.4 Å². The fourth-order valence-corrected chi connectivity index (χ4v) is 5.06. The van der Waals surface area contributed by atoms with Gasteiger partial charge in [-0.05, 0) is 43.7 Å². The second kappa shape index (κ2) is 7.45. The first-order valence-corrected chi connectivity index (χ1v) is 11.0. The summed E-state index contributed by atoms with van der Waals surface area (Å²) in [4.78, 5) is 29.7. The number of carbonyl (C=O) groups is 1. The number of hydrogen-bond donors (Lipinski definition) is 2. The zero-order valence-corrected chi connectivity index (χ0v) is 17.0. The highest BCUT2D eigenvalue weighted by Crippen LogP contribution is 2.32. The largest absolute Gasteiger partial charge is 0.506 e. The second-order valence-electron chi connectivity index (χ2n) is 7.06. The molecule has 4 rings (SSSR count). The summed E-state index contributed by atoms with van der Waals surface area (Å²) in [5.74, 6) is -0.305. The van der Waals surface area contributed by atoms with E-state index in [-0.39, 0.29) is 29.3 Å². The average molecular weight is 428 g/mol. The van der Waals surface area contributed by atoms with Gasteiger partial charge in [0.1, 0.15) is 18.1 Å². The highest BCUT2D eigenvalue weighted by molar-refractivity contribution is 7.93. The molecule has 1 aliphatic heterocycles. The molecule has 30 heavy (non-hydrogen) atoms. The molecule has 0 saturated carbocycles. The molecule has 1 saturated heterocycles. The Morgan fingerprint density at radius 1 is 1.23 bits per heavy atom. The van der Waals surface area contributed by atoms with Crippen LogP contribution in [0.15, 0.2) is 47.3 Å². The van der Waals surface area contributed by atoms with E-state index < -0.39 is 15.9 Å². The first-order valence-electron chi connectivity index (χ1n) is 9.36. The topological polar surface area (TPSA) is 122 Å². The van der Waals surface area contributed by atoms with Crippen molar-refractivity contribution >= 4 is 38.2 Å². The lowest BCUT2D eigenvalue weighted by molar-refractivity contribution is -0.116. The predicted octanol–water partition coefficient (Wildman–Crippen LogP) is 1.59. The van der Waals surface area contributed by atoms with E-state index in [1.54, 1.807) is 31.2 Å². The van der Waals surface area contributed by atoms with Crippen LogP contribution in [0.25, 0.3) is 10.9 Å². The van der Waals surface area contributed by atoms with Crippen LogP contribution in [0.2, 0.25) is 0 Å². The standard InChI is InChI=1S/C20H20N4O5S/c1-13-21-16-6-3-2-5-15(16)20(27)23(13)12-19(26)22-17-11-14(7-8-18(17)25)24-9-4-10-30(24,28)29/h2-3,5-8,11,25H,4,9-10,12H2,1H3,(H,22,26). The van der Waals surface area contributed by atoms with Gasteiger partial charge in [0, 0.05) is 6.54 Å². The summed E-state index contributed by atoms with van der Waals surface area (Å²) in [6, 6.07) is 11.1. The van der Waals surface area contributed by atoms with Gasteiger partial charge < -0.3 is 10.4 Å². The van der Waals surface area contributed by atoms with Crippen molar-refractivity contribution in [3.05, 3.63) is 58.6 Å². The van der Waals surface area contributed by atoms with Crippen LogP contribution in [0.1, 0.15) is 12.2 Å². The molecular formula is C20H20N4O5S. The van der Waals surface area contributed by atoms with Gasteiger partial charge in [0.05, 0.1) is 28.0 Å². The molecule has 0 aliphatic carbocycles. The molecule has 3 aromatic rings. The number of rotatable bonds is 4. The average Bonchev–Trinajstić information content (AvgIpc) is 3.06. The Morgan fingerprint density at radius 2 is 2.00 bits per heavy atom. The van der Waals surface area contributed by atoms with Crippen molar-refractivity contribution in [1.82, 2.24) is 9.55 Å². The third kappa shape index (κ3) is 3.61. The van der Waals surface area contributed by atoms with Crippen LogP contribution >= 0.6 is 0 Å². The third-order valence-corrected chi connectivity index (χ3v) is 6.87. The number of benzene rings is 2. The van der Waals surface area contributed by atoms with Crippen LogP contribution in [0.3, 0.4) is 0 Å². The second-order valence-corrected chi connectivity index (χ2v) is 9.07. The number of aromatic hydroxyl groups is 1. The van der Waals surface area contributed by atoms with Gasteiger partial charge in [0.15, 0.2) is 0 Å². The van der Waals surface area contributed by atoms with Crippen LogP contribution in [0, 0.1) is 6.92 Å². The lowest BCUT2D eigenvalue weighted by Crippen LogP contribution is -2.30. The molecule has 10 heteroatoms. The fourth-order valence-electron chi connectivity index (χ4n) is 3.51. The minimum absolute atomic E-state index is 0.0622. The van der Waals surface area contributed by atoms with Gasteiger partial charge in [0.25, 0.3) is 5.56 Å². The van der Waals surface area contributed by atoms with Crippen LogP contribution in [0.5, 0.6) is 5.75 Å². The molecule has 9 nitrogen and oxygen atoms in total. The van der Waals surface area contributed by atoms with Crippen LogP contribution in [-0.2, 0) is 21.4 Å². The number of hydrogen-bond acceptors (Lipinski definition) is 6. The number of aryl methyl sites for hydroxylation is 1. The Hall–Kier alpha value is -3.40. The van der Waals surface area contributed by atoms with Crippen molar-refractivity contribution in [1.29, 1.82) is 0 Å². The molecule has 1 amide bonds. The number of amides is 1. The Morgan fingerprint density at radius 3 is 2.73 bits per heavy atom. The molecule has 1 fully saturated rings. The minimum Gasteiger partial charge on any atom is -0.506 e. The molecule has 156 valence electrons. The summed E-state index contributed by atoms with van der Waals surface area (Å²) < 4.78 is 26.8. The lowest BCUT2D eigenvalue weighted by Gasteiger charge is -2.18. The Labute approximate surface area is 172 Å². The Balaban J connectivity index is 1.60. The first kappa shape index (κ1) is 19.9. The summed E-state index contributed by atoms with van der Waals surface area (Å²) in [6.45, 7) is 1.68. The van der Waals surface area contributed by atoms with Gasteiger partial charge in [-0.1, -0.05) is 12.1 Å². The highest BCUT2D eigenvalue weighted by atomic mass is 32.2. The van der Waals surface area contributed by atoms with Crippen molar-refractivity contribution in [2.45, 2.75) is 19.9 Å². The summed E-state index contributed by atoms with van der Waals surface area (Å²) in [6.07, 6.45) is 0.516. The number of phenolic OH excluding ortho intramolecular Hbond substituents is 1. The molecular weight excluding hydrogens is 408 g/mol. The molecule has 1 aliphatic rings. The van der Waals surface area contributed by atoms with E-state index in [1.807, 2.05) is 0 Å². The first-order chi connectivity index (χ1) is 14.3. The maximum absolute atomic E-state index is 12.7. The number of anilines is 2. The van der Waals surface area contributed by atoms with Crippen molar-refractivity contribution in [2.24, 2.45) is 0 Å². The third-order valence-electron chi connectivity index (χ3n) is 5.00. The number of carbonyl (C=O) groups excluding carboxylic acids is 1. The number of nitrogens with one attached hydrogen (secondary N) is 1. The maximum Gasteiger partial charge on any atom is 0.261 e. The number of aromatic nitrogens is 2. The number of fused-ring (bicyclic) bond motifs is 1. The molecule has 1 aromatic heterocycles. The normalized spacial score (nSPS) is 15.4. The summed E-state index contributed by atoms with van der Waals surface area (Å²) in [5, 5.41) is 13.1. The fraction of sp³-hybridized carbons (Fsp3) is 0.250. The van der Waals surface area contributed by atoms with Gasteiger partial charge in [-0.3, -0.25) is 18.5 Å². The molecule has 0 radical (unpaired) electrons. The number of para-hydroxylation sites is 1. The predicted molar refractivity (Wildman–Crippen MR) is 113 cm³/mol. The van der Waals surface area contributed by atoms with E-state index in [1.165, 1.54) is 27.1 Å². The summed E-state index contributed by atoms with van der Waals surface area (Å²) >= 11 is 0. The summed E-state index contributed by atoms with van der Waals surface area (Å²) in [5.41, 5.74) is 0.642. The molecule has 0 spiro atoms. The van der Waals surface area contributed by atoms with E-state index in [4.69, 9.17) is 0 Å². The Kier molecular flexibility index (Phi) is 4.94. The quantitative estimate of drug-likeness (QED) is 0.609. The number of sulfonamides is 1.